The Morgan fingerprint density at radius 3 is 2.92 bits per heavy atom. The number of hydrogen-bond donors (Lipinski definition) is 1. The van der Waals surface area contributed by atoms with E-state index in [1.807, 2.05) is 38.1 Å². The van der Waals surface area contributed by atoms with Gasteiger partial charge >= 0.3 is 0 Å². The highest BCUT2D eigenvalue weighted by Gasteiger charge is 2.36. The van der Waals surface area contributed by atoms with Crippen LogP contribution in [0.4, 0.5) is 10.8 Å². The molecule has 2 heterocycles. The lowest BCUT2D eigenvalue weighted by molar-refractivity contribution is -0.122. The Bertz CT molecular complexity index is 761. The number of hydrogen-bond acceptors (Lipinski definition) is 6. The number of aryl methyl sites for hydroxylation is 1. The first-order chi connectivity index (χ1) is 11.6. The molecule has 7 nitrogen and oxygen atoms in total. The number of nitrogens with zero attached hydrogens (tertiary/aromatic N) is 3. The van der Waals surface area contributed by atoms with Crippen molar-refractivity contribution < 1.29 is 14.3 Å². The van der Waals surface area contributed by atoms with E-state index in [-0.39, 0.29) is 18.2 Å². The van der Waals surface area contributed by atoms with Gasteiger partial charge in [0.25, 0.3) is 0 Å². The van der Waals surface area contributed by atoms with Crippen LogP contribution in [0.2, 0.25) is 0 Å². The molecule has 1 saturated heterocycles. The summed E-state index contributed by atoms with van der Waals surface area (Å²) >= 11 is 1.31. The molecular formula is C16H18N4O3S. The zero-order chi connectivity index (χ0) is 17.1. The summed E-state index contributed by atoms with van der Waals surface area (Å²) in [5, 5.41) is 11.7. The molecule has 2 aromatic rings. The normalized spacial score (nSPS) is 17.2. The van der Waals surface area contributed by atoms with E-state index in [2.05, 4.69) is 15.5 Å². The maximum atomic E-state index is 12.4. The van der Waals surface area contributed by atoms with Crippen LogP contribution >= 0.6 is 11.3 Å². The molecule has 1 aromatic heterocycles. The van der Waals surface area contributed by atoms with Crippen LogP contribution in [0.3, 0.4) is 0 Å². The number of rotatable bonds is 5. The third kappa shape index (κ3) is 3.38. The van der Waals surface area contributed by atoms with Gasteiger partial charge in [-0.15, -0.1) is 10.2 Å². The minimum Gasteiger partial charge on any atom is -0.492 e. The van der Waals surface area contributed by atoms with Crippen LogP contribution < -0.4 is 15.0 Å². The molecule has 1 atom stereocenters. The molecule has 8 heteroatoms. The molecule has 0 bridgehead atoms. The predicted octanol–water partition coefficient (Wildman–Crippen LogP) is 2.24. The molecule has 0 unspecified atom stereocenters. The number of ether oxygens (including phenoxy) is 1. The van der Waals surface area contributed by atoms with E-state index in [0.29, 0.717) is 29.7 Å². The monoisotopic (exact) mass is 346 g/mol. The van der Waals surface area contributed by atoms with Gasteiger partial charge in [-0.1, -0.05) is 23.5 Å². The van der Waals surface area contributed by atoms with E-state index in [4.69, 9.17) is 4.74 Å². The Balaban J connectivity index is 1.73. The van der Waals surface area contributed by atoms with Gasteiger partial charge in [0.15, 0.2) is 0 Å². The molecular weight excluding hydrogens is 328 g/mol. The quantitative estimate of drug-likeness (QED) is 0.897. The highest BCUT2D eigenvalue weighted by Crippen LogP contribution is 2.33. The van der Waals surface area contributed by atoms with E-state index < -0.39 is 5.92 Å². The van der Waals surface area contributed by atoms with E-state index in [1.165, 1.54) is 11.3 Å². The van der Waals surface area contributed by atoms with Crippen molar-refractivity contribution in [2.75, 3.05) is 23.4 Å². The molecule has 1 aliphatic rings. The largest absolute Gasteiger partial charge is 0.492 e. The van der Waals surface area contributed by atoms with Gasteiger partial charge in [-0.3, -0.25) is 9.59 Å². The van der Waals surface area contributed by atoms with Gasteiger partial charge in [-0.05, 0) is 26.0 Å². The first-order valence-electron chi connectivity index (χ1n) is 7.71. The number of aromatic nitrogens is 2. The lowest BCUT2D eigenvalue weighted by atomic mass is 10.1. The van der Waals surface area contributed by atoms with Crippen LogP contribution in [0.25, 0.3) is 0 Å². The van der Waals surface area contributed by atoms with E-state index in [0.717, 1.165) is 5.01 Å². The van der Waals surface area contributed by atoms with Gasteiger partial charge in [-0.2, -0.15) is 0 Å². The Morgan fingerprint density at radius 2 is 2.21 bits per heavy atom. The number of amides is 2. The maximum Gasteiger partial charge on any atom is 0.231 e. The SMILES string of the molecule is CCOc1ccccc1N1C[C@@H](C(=O)Nc2nnc(C)s2)CC1=O. The van der Waals surface area contributed by atoms with E-state index in [1.54, 1.807) is 4.90 Å². The molecule has 24 heavy (non-hydrogen) atoms. The molecule has 0 radical (unpaired) electrons. The summed E-state index contributed by atoms with van der Waals surface area (Å²) in [6, 6.07) is 7.36. The first kappa shape index (κ1) is 16.4. The fourth-order valence-corrected chi connectivity index (χ4v) is 3.22. The first-order valence-corrected chi connectivity index (χ1v) is 8.53. The second-order valence-corrected chi connectivity index (χ2v) is 6.60. The van der Waals surface area contributed by atoms with Gasteiger partial charge in [-0.25, -0.2) is 0 Å². The van der Waals surface area contributed by atoms with Crippen molar-refractivity contribution in [3.8, 4) is 5.75 Å². The molecule has 1 fully saturated rings. The van der Waals surface area contributed by atoms with Crippen LogP contribution in [0, 0.1) is 12.8 Å². The minimum absolute atomic E-state index is 0.0873. The summed E-state index contributed by atoms with van der Waals surface area (Å²) < 4.78 is 5.58. The molecule has 0 aliphatic carbocycles. The number of para-hydroxylation sites is 2. The van der Waals surface area contributed by atoms with Gasteiger partial charge < -0.3 is 15.0 Å². The zero-order valence-corrected chi connectivity index (χ0v) is 14.3. The molecule has 1 N–H and O–H groups in total. The van der Waals surface area contributed by atoms with Gasteiger partial charge in [0, 0.05) is 13.0 Å². The topological polar surface area (TPSA) is 84.4 Å². The molecule has 0 saturated carbocycles. The van der Waals surface area contributed by atoms with Crippen molar-refractivity contribution in [2.45, 2.75) is 20.3 Å². The van der Waals surface area contributed by atoms with Gasteiger partial charge in [0.1, 0.15) is 10.8 Å². The van der Waals surface area contributed by atoms with Crippen molar-refractivity contribution in [1.82, 2.24) is 10.2 Å². The van der Waals surface area contributed by atoms with Crippen LogP contribution in [0.1, 0.15) is 18.4 Å². The fourth-order valence-electron chi connectivity index (χ4n) is 2.63. The zero-order valence-electron chi connectivity index (χ0n) is 13.5. The van der Waals surface area contributed by atoms with Gasteiger partial charge in [0.2, 0.25) is 16.9 Å². The fraction of sp³-hybridized carbons (Fsp3) is 0.375. The average Bonchev–Trinajstić information content (AvgIpc) is 3.14. The van der Waals surface area contributed by atoms with Crippen molar-refractivity contribution in [3.05, 3.63) is 29.3 Å². The summed E-state index contributed by atoms with van der Waals surface area (Å²) in [5.41, 5.74) is 0.700. The smallest absolute Gasteiger partial charge is 0.231 e. The number of nitrogens with one attached hydrogen (secondary N) is 1. The summed E-state index contributed by atoms with van der Waals surface area (Å²) in [7, 11) is 0. The third-order valence-electron chi connectivity index (χ3n) is 3.71. The Labute approximate surface area is 143 Å². The highest BCUT2D eigenvalue weighted by molar-refractivity contribution is 7.15. The number of anilines is 2. The van der Waals surface area contributed by atoms with Crippen LogP contribution in [-0.4, -0.2) is 35.2 Å². The van der Waals surface area contributed by atoms with Crippen molar-refractivity contribution in [2.24, 2.45) is 5.92 Å². The van der Waals surface area contributed by atoms with Crippen molar-refractivity contribution in [3.63, 3.8) is 0 Å². The Kier molecular flexibility index (Phi) is 4.75. The third-order valence-corrected chi connectivity index (χ3v) is 4.46. The summed E-state index contributed by atoms with van der Waals surface area (Å²) in [5.74, 6) is -0.0721. The van der Waals surface area contributed by atoms with Crippen molar-refractivity contribution in [1.29, 1.82) is 0 Å². The van der Waals surface area contributed by atoms with E-state index >= 15 is 0 Å². The number of benzene rings is 1. The summed E-state index contributed by atoms with van der Waals surface area (Å²) in [6.07, 6.45) is 0.171. The second kappa shape index (κ2) is 6.96. The minimum atomic E-state index is -0.420. The molecule has 3 rings (SSSR count). The second-order valence-electron chi connectivity index (χ2n) is 5.42. The molecule has 1 aliphatic heterocycles. The molecule has 2 amide bonds. The number of carbonyl (C=O) groups is 2. The standard InChI is InChI=1S/C16H18N4O3S/c1-3-23-13-7-5-4-6-12(13)20-9-11(8-14(20)21)15(22)17-16-19-18-10(2)24-16/h4-7,11H,3,8-9H2,1-2H3,(H,17,19,22)/t11-/m0/s1. The lowest BCUT2D eigenvalue weighted by Gasteiger charge is -2.20. The van der Waals surface area contributed by atoms with Crippen LogP contribution in [0.15, 0.2) is 24.3 Å². The summed E-state index contributed by atoms with van der Waals surface area (Å²) in [4.78, 5) is 26.4. The molecule has 126 valence electrons. The Hall–Kier alpha value is -2.48. The van der Waals surface area contributed by atoms with Crippen LogP contribution in [0.5, 0.6) is 5.75 Å². The molecule has 0 spiro atoms. The van der Waals surface area contributed by atoms with Crippen LogP contribution in [-0.2, 0) is 9.59 Å². The van der Waals surface area contributed by atoms with Crippen molar-refractivity contribution >= 4 is 34.0 Å². The Morgan fingerprint density at radius 1 is 1.42 bits per heavy atom. The van der Waals surface area contributed by atoms with Gasteiger partial charge in [0.05, 0.1) is 18.2 Å². The molecule has 1 aromatic carbocycles. The maximum absolute atomic E-state index is 12.4. The van der Waals surface area contributed by atoms with E-state index in [9.17, 15) is 9.59 Å². The summed E-state index contributed by atoms with van der Waals surface area (Å²) in [6.45, 7) is 4.55. The average molecular weight is 346 g/mol. The predicted molar refractivity (Wildman–Crippen MR) is 91.3 cm³/mol. The number of carbonyl (C=O) groups excluding carboxylic acids is 2. The lowest BCUT2D eigenvalue weighted by Crippen LogP contribution is -2.28. The highest BCUT2D eigenvalue weighted by atomic mass is 32.1.